The van der Waals surface area contributed by atoms with Gasteiger partial charge in [-0.15, -0.1) is 0 Å². The minimum Gasteiger partial charge on any atom is -0.494 e. The van der Waals surface area contributed by atoms with Gasteiger partial charge in [0.2, 0.25) is 5.91 Å². The van der Waals surface area contributed by atoms with Crippen molar-refractivity contribution in [2.24, 2.45) is 0 Å². The van der Waals surface area contributed by atoms with E-state index in [1.165, 1.54) is 24.3 Å². The van der Waals surface area contributed by atoms with E-state index in [9.17, 15) is 13.2 Å². The summed E-state index contributed by atoms with van der Waals surface area (Å²) in [7, 11) is -0.872. The fraction of sp³-hybridized carbons (Fsp3) is 0.296. The molecule has 3 aromatic carbocycles. The first-order valence-corrected chi connectivity index (χ1v) is 13.6. The van der Waals surface area contributed by atoms with Crippen molar-refractivity contribution >= 4 is 33.2 Å². The first kappa shape index (κ1) is 28.1. The molecule has 0 aromatic heterocycles. The number of rotatable bonds is 13. The smallest absolute Gasteiger partial charge is 0.264 e. The SMILES string of the molecule is CCOc1ccc(N(CC(=O)NCCCc2ccc(OC)c(OC)c2)S(=O)(=O)c2ccc(Cl)cc2)cc1. The Morgan fingerprint density at radius 3 is 2.24 bits per heavy atom. The molecule has 37 heavy (non-hydrogen) atoms. The summed E-state index contributed by atoms with van der Waals surface area (Å²) < 4.78 is 44.1. The molecule has 0 spiro atoms. The number of nitrogens with one attached hydrogen (secondary N) is 1. The highest BCUT2D eigenvalue weighted by Gasteiger charge is 2.27. The molecular weight excluding hydrogens is 516 g/mol. The number of hydrogen-bond acceptors (Lipinski definition) is 6. The molecule has 8 nitrogen and oxygen atoms in total. The van der Waals surface area contributed by atoms with Gasteiger partial charge in [0.15, 0.2) is 11.5 Å². The molecule has 0 atom stereocenters. The van der Waals surface area contributed by atoms with Crippen LogP contribution in [0.2, 0.25) is 5.02 Å². The van der Waals surface area contributed by atoms with Crippen molar-refractivity contribution in [3.63, 3.8) is 0 Å². The Labute approximate surface area is 223 Å². The Bertz CT molecular complexity index is 1280. The van der Waals surface area contributed by atoms with Crippen molar-refractivity contribution in [1.82, 2.24) is 5.32 Å². The predicted octanol–water partition coefficient (Wildman–Crippen LogP) is 4.70. The van der Waals surface area contributed by atoms with Crippen LogP contribution in [0.15, 0.2) is 71.6 Å². The zero-order valence-electron chi connectivity index (χ0n) is 21.1. The van der Waals surface area contributed by atoms with Gasteiger partial charge in [-0.05, 0) is 86.0 Å². The van der Waals surface area contributed by atoms with E-state index in [1.807, 2.05) is 25.1 Å². The number of benzene rings is 3. The molecule has 3 rings (SSSR count). The number of amides is 1. The number of carbonyl (C=O) groups excluding carboxylic acids is 1. The van der Waals surface area contributed by atoms with E-state index in [0.29, 0.717) is 54.0 Å². The Balaban J connectivity index is 1.69. The second-order valence-electron chi connectivity index (χ2n) is 8.04. The molecule has 10 heteroatoms. The average molecular weight is 547 g/mol. The van der Waals surface area contributed by atoms with Gasteiger partial charge in [-0.25, -0.2) is 8.42 Å². The van der Waals surface area contributed by atoms with Gasteiger partial charge in [-0.1, -0.05) is 17.7 Å². The molecule has 3 aromatic rings. The maximum Gasteiger partial charge on any atom is 0.264 e. The lowest BCUT2D eigenvalue weighted by atomic mass is 10.1. The van der Waals surface area contributed by atoms with Gasteiger partial charge in [0.05, 0.1) is 31.4 Å². The molecule has 0 bridgehead atoms. The number of hydrogen-bond donors (Lipinski definition) is 1. The first-order valence-electron chi connectivity index (χ1n) is 11.8. The lowest BCUT2D eigenvalue weighted by Crippen LogP contribution is -2.41. The predicted molar refractivity (Wildman–Crippen MR) is 144 cm³/mol. The zero-order chi connectivity index (χ0) is 26.8. The van der Waals surface area contributed by atoms with Crippen LogP contribution in [0, 0.1) is 0 Å². The molecule has 0 aliphatic heterocycles. The minimum absolute atomic E-state index is 0.0343. The summed E-state index contributed by atoms with van der Waals surface area (Å²) in [4.78, 5) is 12.9. The normalized spacial score (nSPS) is 11.0. The molecule has 0 saturated heterocycles. The Kier molecular flexibility index (Phi) is 10.0. The topological polar surface area (TPSA) is 94.2 Å². The van der Waals surface area contributed by atoms with Gasteiger partial charge >= 0.3 is 0 Å². The van der Waals surface area contributed by atoms with E-state index in [-0.39, 0.29) is 11.4 Å². The first-order chi connectivity index (χ1) is 17.8. The van der Waals surface area contributed by atoms with Gasteiger partial charge < -0.3 is 19.5 Å². The van der Waals surface area contributed by atoms with E-state index < -0.39 is 15.9 Å². The highest BCUT2D eigenvalue weighted by Crippen LogP contribution is 2.28. The molecule has 0 aliphatic carbocycles. The summed E-state index contributed by atoms with van der Waals surface area (Å²) in [5.41, 5.74) is 1.38. The number of sulfonamides is 1. The van der Waals surface area contributed by atoms with Crippen molar-refractivity contribution in [3.8, 4) is 17.2 Å². The molecule has 0 fully saturated rings. The van der Waals surface area contributed by atoms with Gasteiger partial charge in [0, 0.05) is 11.6 Å². The third-order valence-electron chi connectivity index (χ3n) is 5.54. The van der Waals surface area contributed by atoms with Crippen molar-refractivity contribution in [2.75, 3.05) is 38.2 Å². The summed E-state index contributed by atoms with van der Waals surface area (Å²) >= 11 is 5.94. The van der Waals surface area contributed by atoms with E-state index in [1.54, 1.807) is 38.5 Å². The van der Waals surface area contributed by atoms with Crippen molar-refractivity contribution in [3.05, 3.63) is 77.3 Å². The van der Waals surface area contributed by atoms with Crippen LogP contribution in [-0.4, -0.2) is 48.2 Å². The molecule has 0 saturated carbocycles. The van der Waals surface area contributed by atoms with Crippen LogP contribution in [-0.2, 0) is 21.2 Å². The van der Waals surface area contributed by atoms with E-state index >= 15 is 0 Å². The Hall–Kier alpha value is -3.43. The number of carbonyl (C=O) groups is 1. The number of nitrogens with zero attached hydrogens (tertiary/aromatic N) is 1. The van der Waals surface area contributed by atoms with Gasteiger partial charge in [0.25, 0.3) is 10.0 Å². The molecule has 0 heterocycles. The number of halogens is 1. The Morgan fingerprint density at radius 2 is 1.62 bits per heavy atom. The van der Waals surface area contributed by atoms with Crippen LogP contribution in [0.25, 0.3) is 0 Å². The standard InChI is InChI=1S/C27H31ClN2O6S/c1-4-36-23-12-10-22(11-13-23)30(37(32,33)24-14-8-21(28)9-15-24)19-27(31)29-17-5-6-20-7-16-25(34-2)26(18-20)35-3/h7-16,18H,4-6,17,19H2,1-3H3,(H,29,31). The van der Waals surface area contributed by atoms with Gasteiger partial charge in [0.1, 0.15) is 12.3 Å². The summed E-state index contributed by atoms with van der Waals surface area (Å²) in [6.45, 7) is 2.35. The summed E-state index contributed by atoms with van der Waals surface area (Å²) in [5.74, 6) is 1.48. The lowest BCUT2D eigenvalue weighted by Gasteiger charge is -2.24. The number of methoxy groups -OCH3 is 2. The molecule has 198 valence electrons. The summed E-state index contributed by atoms with van der Waals surface area (Å²) in [6, 6.07) is 18.1. The monoisotopic (exact) mass is 546 g/mol. The van der Waals surface area contributed by atoms with Crippen LogP contribution in [0.5, 0.6) is 17.2 Å². The van der Waals surface area contributed by atoms with Gasteiger partial charge in [-0.3, -0.25) is 9.10 Å². The van der Waals surface area contributed by atoms with Gasteiger partial charge in [-0.2, -0.15) is 0 Å². The molecule has 0 radical (unpaired) electrons. The van der Waals surface area contributed by atoms with Crippen molar-refractivity contribution in [1.29, 1.82) is 0 Å². The highest BCUT2D eigenvalue weighted by molar-refractivity contribution is 7.92. The zero-order valence-corrected chi connectivity index (χ0v) is 22.6. The second kappa shape index (κ2) is 13.2. The average Bonchev–Trinajstić information content (AvgIpc) is 2.90. The molecule has 0 aliphatic rings. The van der Waals surface area contributed by atoms with Crippen LogP contribution in [0.4, 0.5) is 5.69 Å². The van der Waals surface area contributed by atoms with Crippen LogP contribution in [0.3, 0.4) is 0 Å². The van der Waals surface area contributed by atoms with Crippen LogP contribution in [0.1, 0.15) is 18.9 Å². The summed E-state index contributed by atoms with van der Waals surface area (Å²) in [5, 5.41) is 3.24. The molecule has 1 amide bonds. The molecular formula is C27H31ClN2O6S. The lowest BCUT2D eigenvalue weighted by molar-refractivity contribution is -0.119. The van der Waals surface area contributed by atoms with E-state index in [2.05, 4.69) is 5.32 Å². The van der Waals surface area contributed by atoms with E-state index in [4.69, 9.17) is 25.8 Å². The maximum absolute atomic E-state index is 13.5. The summed E-state index contributed by atoms with van der Waals surface area (Å²) in [6.07, 6.45) is 1.36. The third kappa shape index (κ3) is 7.53. The minimum atomic E-state index is -4.03. The van der Waals surface area contributed by atoms with Crippen LogP contribution >= 0.6 is 11.6 Å². The third-order valence-corrected chi connectivity index (χ3v) is 7.58. The number of ether oxygens (including phenoxy) is 3. The fourth-order valence-electron chi connectivity index (χ4n) is 3.67. The quantitative estimate of drug-likeness (QED) is 0.312. The largest absolute Gasteiger partial charge is 0.494 e. The molecule has 0 unspecified atom stereocenters. The highest BCUT2D eigenvalue weighted by atomic mass is 35.5. The Morgan fingerprint density at radius 1 is 0.946 bits per heavy atom. The van der Waals surface area contributed by atoms with Crippen molar-refractivity contribution in [2.45, 2.75) is 24.7 Å². The van der Waals surface area contributed by atoms with E-state index in [0.717, 1.165) is 9.87 Å². The van der Waals surface area contributed by atoms with Crippen molar-refractivity contribution < 1.29 is 27.4 Å². The number of aryl methyl sites for hydroxylation is 1. The van der Waals surface area contributed by atoms with Crippen LogP contribution < -0.4 is 23.8 Å². The number of anilines is 1. The molecule has 1 N–H and O–H groups in total. The maximum atomic E-state index is 13.5. The second-order valence-corrected chi connectivity index (χ2v) is 10.3. The fourth-order valence-corrected chi connectivity index (χ4v) is 5.21.